The van der Waals surface area contributed by atoms with Crippen molar-refractivity contribution < 1.29 is 55.2 Å². The van der Waals surface area contributed by atoms with Crippen LogP contribution in [0, 0.1) is 0 Å². The van der Waals surface area contributed by atoms with Crippen LogP contribution in [0.25, 0.3) is 6.08 Å². The zero-order chi connectivity index (χ0) is 23.8. The third kappa shape index (κ3) is 7.11. The molecule has 7 nitrogen and oxygen atoms in total. The van der Waals surface area contributed by atoms with Crippen molar-refractivity contribution in [2.45, 2.75) is 19.8 Å². The van der Waals surface area contributed by atoms with Crippen molar-refractivity contribution in [3.8, 4) is 17.2 Å². The Balaban J connectivity index is 2.36. The van der Waals surface area contributed by atoms with Crippen molar-refractivity contribution in [1.82, 2.24) is 0 Å². The number of carbonyl (C=O) groups excluding carboxylic acids is 1. The third-order valence-corrected chi connectivity index (χ3v) is 3.52. The van der Waals surface area contributed by atoms with Gasteiger partial charge in [0.2, 0.25) is 11.7 Å². The highest BCUT2D eigenvalue weighted by molar-refractivity contribution is 6.06. The molecule has 0 heterocycles. The number of anilines is 1. The van der Waals surface area contributed by atoms with Crippen LogP contribution in [0.1, 0.15) is 15.9 Å². The zero-order valence-electron chi connectivity index (χ0n) is 15.6. The fraction of sp³-hybridized carbons (Fsp3) is 0.158. The van der Waals surface area contributed by atoms with Gasteiger partial charge in [0.15, 0.2) is 11.5 Å². The largest absolute Gasteiger partial charge is 0.478 e. The number of rotatable bonds is 10. The molecule has 2 N–H and O–H groups in total. The van der Waals surface area contributed by atoms with Gasteiger partial charge in [0.25, 0.3) is 0 Å². The third-order valence-electron chi connectivity index (χ3n) is 3.52. The number of hydrogen-bond acceptors (Lipinski definition) is 5. The molecule has 0 aliphatic rings. The first kappa shape index (κ1) is 24.4. The van der Waals surface area contributed by atoms with E-state index in [4.69, 9.17) is 5.11 Å². The summed E-state index contributed by atoms with van der Waals surface area (Å²) in [4.78, 5) is 23.2. The molecule has 2 aromatic rings. The molecule has 0 aromatic heterocycles. The van der Waals surface area contributed by atoms with Gasteiger partial charge in [0.1, 0.15) is 0 Å². The summed E-state index contributed by atoms with van der Waals surface area (Å²) in [7, 11) is 0. The molecule has 2 rings (SSSR count). The van der Waals surface area contributed by atoms with E-state index in [1.165, 1.54) is 24.3 Å². The normalized spacial score (nSPS) is 11.3. The maximum absolute atomic E-state index is 12.6. The number of benzene rings is 2. The summed E-state index contributed by atoms with van der Waals surface area (Å²) in [6, 6.07) is 6.84. The Morgan fingerprint density at radius 3 is 1.91 bits per heavy atom. The van der Waals surface area contributed by atoms with Gasteiger partial charge < -0.3 is 24.6 Å². The van der Waals surface area contributed by atoms with Crippen LogP contribution < -0.4 is 19.5 Å². The summed E-state index contributed by atoms with van der Waals surface area (Å²) in [6.07, 6.45) is 1.74. The summed E-state index contributed by atoms with van der Waals surface area (Å²) in [6.45, 7) is -10.6. The molecule has 0 unspecified atom stereocenters. The van der Waals surface area contributed by atoms with Gasteiger partial charge in [-0.2, -0.15) is 26.3 Å². The predicted octanol–water partition coefficient (Wildman–Crippen LogP) is 4.84. The quantitative estimate of drug-likeness (QED) is 0.385. The number of halogens is 6. The van der Waals surface area contributed by atoms with Crippen molar-refractivity contribution in [2.24, 2.45) is 0 Å². The van der Waals surface area contributed by atoms with E-state index in [9.17, 15) is 35.9 Å². The number of carbonyl (C=O) groups is 2. The van der Waals surface area contributed by atoms with Crippen LogP contribution in [0.4, 0.5) is 32.0 Å². The molecule has 0 saturated carbocycles. The average molecular weight is 465 g/mol. The molecule has 0 atom stereocenters. The number of aromatic carboxylic acids is 1. The Morgan fingerprint density at radius 2 is 1.41 bits per heavy atom. The van der Waals surface area contributed by atoms with Crippen molar-refractivity contribution in [3.05, 3.63) is 53.6 Å². The fourth-order valence-electron chi connectivity index (χ4n) is 2.39. The number of amides is 1. The van der Waals surface area contributed by atoms with Gasteiger partial charge >= 0.3 is 25.8 Å². The molecular formula is C19H13F6NO6. The average Bonchev–Trinajstić information content (AvgIpc) is 2.68. The molecule has 0 saturated heterocycles. The Morgan fingerprint density at radius 1 is 0.875 bits per heavy atom. The molecule has 0 bridgehead atoms. The van der Waals surface area contributed by atoms with Crippen LogP contribution in [0.3, 0.4) is 0 Å². The van der Waals surface area contributed by atoms with Gasteiger partial charge in [-0.25, -0.2) is 4.79 Å². The minimum absolute atomic E-state index is 0.0567. The second-order valence-corrected chi connectivity index (χ2v) is 5.66. The number of hydrogen-bond donors (Lipinski definition) is 2. The minimum atomic E-state index is -3.57. The standard InChI is InChI=1S/C19H13F6NO6/c20-17(21)30-12-7-9(8-13(31-18(22)23)15(12)32-19(24)25)5-6-14(27)26-11-4-2-1-3-10(11)16(28)29/h1-8,17-19H,(H,26,27)(H,28,29)/b6-5+. The van der Waals surface area contributed by atoms with E-state index in [1.807, 2.05) is 0 Å². The van der Waals surface area contributed by atoms with Crippen LogP contribution in [-0.2, 0) is 4.79 Å². The molecule has 1 amide bonds. The van der Waals surface area contributed by atoms with E-state index in [2.05, 4.69) is 19.5 Å². The maximum atomic E-state index is 12.6. The molecule has 0 aliphatic carbocycles. The Labute approximate surface area is 175 Å². The first-order chi connectivity index (χ1) is 15.1. The second-order valence-electron chi connectivity index (χ2n) is 5.66. The monoisotopic (exact) mass is 465 g/mol. The number of nitrogens with one attached hydrogen (secondary N) is 1. The van der Waals surface area contributed by atoms with E-state index < -0.39 is 49.0 Å². The van der Waals surface area contributed by atoms with E-state index in [1.54, 1.807) is 0 Å². The van der Waals surface area contributed by atoms with Crippen LogP contribution in [0.15, 0.2) is 42.5 Å². The highest BCUT2D eigenvalue weighted by Gasteiger charge is 2.23. The molecule has 32 heavy (non-hydrogen) atoms. The summed E-state index contributed by atoms with van der Waals surface area (Å²) < 4.78 is 87.8. The number of ether oxygens (including phenoxy) is 3. The Kier molecular flexibility index (Phi) is 8.32. The lowest BCUT2D eigenvalue weighted by atomic mass is 10.1. The van der Waals surface area contributed by atoms with Gasteiger partial charge in [-0.3, -0.25) is 4.79 Å². The number of carboxylic acid groups (broad SMARTS) is 1. The SMILES string of the molecule is O=C(/C=C/c1cc(OC(F)F)c(OC(F)F)c(OC(F)F)c1)Nc1ccccc1C(=O)O. The van der Waals surface area contributed by atoms with Crippen molar-refractivity contribution in [2.75, 3.05) is 5.32 Å². The Hall–Kier alpha value is -3.90. The lowest BCUT2D eigenvalue weighted by molar-refractivity contribution is -0.111. The molecule has 172 valence electrons. The number of carboxylic acids is 1. The van der Waals surface area contributed by atoms with E-state index in [0.717, 1.165) is 24.3 Å². The van der Waals surface area contributed by atoms with Crippen LogP contribution in [0.2, 0.25) is 0 Å². The van der Waals surface area contributed by atoms with Crippen LogP contribution in [0.5, 0.6) is 17.2 Å². The van der Waals surface area contributed by atoms with Crippen LogP contribution >= 0.6 is 0 Å². The van der Waals surface area contributed by atoms with Gasteiger partial charge in [-0.05, 0) is 35.9 Å². The molecule has 2 aromatic carbocycles. The summed E-state index contributed by atoms with van der Waals surface area (Å²) in [5, 5.41) is 11.4. The molecule has 0 fully saturated rings. The smallest absolute Gasteiger partial charge is 0.387 e. The predicted molar refractivity (Wildman–Crippen MR) is 97.4 cm³/mol. The topological polar surface area (TPSA) is 94.1 Å². The first-order valence-corrected chi connectivity index (χ1v) is 8.40. The number of alkyl halides is 6. The van der Waals surface area contributed by atoms with Crippen molar-refractivity contribution in [3.63, 3.8) is 0 Å². The molecule has 0 spiro atoms. The highest BCUT2D eigenvalue weighted by atomic mass is 19.3. The molecule has 13 heteroatoms. The van der Waals surface area contributed by atoms with Gasteiger partial charge in [-0.15, -0.1) is 0 Å². The van der Waals surface area contributed by atoms with E-state index in [-0.39, 0.29) is 16.8 Å². The first-order valence-electron chi connectivity index (χ1n) is 8.40. The number of para-hydroxylation sites is 1. The van der Waals surface area contributed by atoms with Crippen molar-refractivity contribution >= 4 is 23.6 Å². The fourth-order valence-corrected chi connectivity index (χ4v) is 2.39. The minimum Gasteiger partial charge on any atom is -0.478 e. The zero-order valence-corrected chi connectivity index (χ0v) is 15.6. The maximum Gasteiger partial charge on any atom is 0.387 e. The molecular weight excluding hydrogens is 452 g/mol. The lowest BCUT2D eigenvalue weighted by Gasteiger charge is -2.16. The van der Waals surface area contributed by atoms with Crippen LogP contribution in [-0.4, -0.2) is 36.8 Å². The molecule has 0 aliphatic heterocycles. The lowest BCUT2D eigenvalue weighted by Crippen LogP contribution is -2.12. The van der Waals surface area contributed by atoms with E-state index >= 15 is 0 Å². The van der Waals surface area contributed by atoms with E-state index in [0.29, 0.717) is 0 Å². The van der Waals surface area contributed by atoms with Gasteiger partial charge in [0, 0.05) is 6.08 Å². The highest BCUT2D eigenvalue weighted by Crippen LogP contribution is 2.41. The van der Waals surface area contributed by atoms with Gasteiger partial charge in [-0.1, -0.05) is 12.1 Å². The summed E-state index contributed by atoms with van der Waals surface area (Å²) in [5.74, 6) is -5.48. The second kappa shape index (κ2) is 10.9. The summed E-state index contributed by atoms with van der Waals surface area (Å²) >= 11 is 0. The molecule has 0 radical (unpaired) electrons. The summed E-state index contributed by atoms with van der Waals surface area (Å²) in [5.41, 5.74) is -0.513. The Bertz CT molecular complexity index is 967. The van der Waals surface area contributed by atoms with Crippen molar-refractivity contribution in [1.29, 1.82) is 0 Å². The van der Waals surface area contributed by atoms with Gasteiger partial charge in [0.05, 0.1) is 11.3 Å².